The van der Waals surface area contributed by atoms with Gasteiger partial charge >= 0.3 is 0 Å². The first-order valence-corrected chi connectivity index (χ1v) is 16.0. The molecule has 7 aromatic carbocycles. The molecule has 10 aromatic rings. The molecule has 0 unspecified atom stereocenters. The molecule has 3 aromatic heterocycles. The second kappa shape index (κ2) is 10.5. The normalized spacial score (nSPS) is 11.8. The quantitative estimate of drug-likeness (QED) is 0.198. The van der Waals surface area contributed by atoms with Crippen molar-refractivity contribution in [2.75, 3.05) is 0 Å². The molecule has 0 aliphatic heterocycles. The van der Waals surface area contributed by atoms with Gasteiger partial charge in [-0.3, -0.25) is 0 Å². The summed E-state index contributed by atoms with van der Waals surface area (Å²) >= 11 is 0. The van der Waals surface area contributed by atoms with Crippen molar-refractivity contribution >= 4 is 54.5 Å². The minimum Gasteiger partial charge on any atom is -0.456 e. The highest BCUT2D eigenvalue weighted by Gasteiger charge is 2.21. The van der Waals surface area contributed by atoms with Crippen LogP contribution in [0.1, 0.15) is 0 Å². The van der Waals surface area contributed by atoms with Gasteiger partial charge in [0.15, 0.2) is 17.5 Å². The molecule has 0 aliphatic carbocycles. The summed E-state index contributed by atoms with van der Waals surface area (Å²) in [6.45, 7) is 0. The summed E-state index contributed by atoms with van der Waals surface area (Å²) in [5.74, 6) is 1.83. The van der Waals surface area contributed by atoms with E-state index in [1.54, 1.807) is 0 Å². The molecule has 0 saturated carbocycles. The largest absolute Gasteiger partial charge is 0.456 e. The molecule has 224 valence electrons. The van der Waals surface area contributed by atoms with E-state index in [0.29, 0.717) is 17.5 Å². The fraction of sp³-hybridized carbons (Fsp3) is 0. The number of fused-ring (bicyclic) bond motifs is 7. The minimum atomic E-state index is 0.604. The molecule has 10 rings (SSSR count). The fourth-order valence-electron chi connectivity index (χ4n) is 7.05. The Balaban J connectivity index is 1.29. The number of hydrogen-bond donors (Lipinski definition) is 0. The minimum absolute atomic E-state index is 0.604. The van der Waals surface area contributed by atoms with Crippen LogP contribution in [0.4, 0.5) is 0 Å². The molecule has 0 N–H and O–H groups in total. The Kier molecular flexibility index (Phi) is 5.81. The lowest BCUT2D eigenvalue weighted by Crippen LogP contribution is -2.04. The van der Waals surface area contributed by atoms with Crippen molar-refractivity contribution in [2.24, 2.45) is 0 Å². The van der Waals surface area contributed by atoms with Crippen LogP contribution in [0.25, 0.3) is 94.4 Å². The zero-order valence-corrected chi connectivity index (χ0v) is 25.7. The van der Waals surface area contributed by atoms with Crippen LogP contribution in [0, 0.1) is 0 Å². The van der Waals surface area contributed by atoms with E-state index in [0.717, 1.165) is 66.1 Å². The lowest BCUT2D eigenvalue weighted by molar-refractivity contribution is 0.669. The van der Waals surface area contributed by atoms with Crippen molar-refractivity contribution < 1.29 is 4.42 Å². The van der Waals surface area contributed by atoms with E-state index < -0.39 is 0 Å². The van der Waals surface area contributed by atoms with Gasteiger partial charge in [-0.25, -0.2) is 15.0 Å². The summed E-state index contributed by atoms with van der Waals surface area (Å²) in [4.78, 5) is 15.5. The smallest absolute Gasteiger partial charge is 0.166 e. The predicted octanol–water partition coefficient (Wildman–Crippen LogP) is 11.0. The summed E-state index contributed by atoms with van der Waals surface area (Å²) < 4.78 is 8.51. The lowest BCUT2D eigenvalue weighted by Gasteiger charge is -2.17. The average Bonchev–Trinajstić information content (AvgIpc) is 3.70. The van der Waals surface area contributed by atoms with E-state index in [-0.39, 0.29) is 0 Å². The van der Waals surface area contributed by atoms with Crippen LogP contribution in [-0.4, -0.2) is 19.5 Å². The highest BCUT2D eigenvalue weighted by Crippen LogP contribution is 2.40. The second-order valence-corrected chi connectivity index (χ2v) is 12.0. The molecule has 0 atom stereocenters. The van der Waals surface area contributed by atoms with E-state index >= 15 is 0 Å². The van der Waals surface area contributed by atoms with Gasteiger partial charge in [0.25, 0.3) is 0 Å². The number of furan rings is 1. The van der Waals surface area contributed by atoms with E-state index in [1.807, 2.05) is 60.7 Å². The number of para-hydroxylation sites is 3. The molecular weight excluding hydrogens is 589 g/mol. The van der Waals surface area contributed by atoms with Crippen LogP contribution in [-0.2, 0) is 0 Å². The van der Waals surface area contributed by atoms with Gasteiger partial charge in [0.05, 0.1) is 16.7 Å². The maximum absolute atomic E-state index is 6.14. The summed E-state index contributed by atoms with van der Waals surface area (Å²) in [7, 11) is 0. The van der Waals surface area contributed by atoms with E-state index in [4.69, 9.17) is 19.4 Å². The van der Waals surface area contributed by atoms with Crippen molar-refractivity contribution in [3.63, 3.8) is 0 Å². The van der Waals surface area contributed by atoms with Crippen LogP contribution in [0.15, 0.2) is 162 Å². The molecule has 0 amide bonds. The molecule has 0 fully saturated rings. The maximum Gasteiger partial charge on any atom is 0.166 e. The standard InChI is InChI=1S/C43H26N4O/c1-2-13-28(14-3-1)41-44-42(29-23-25-39-35(26-29)33-18-8-11-21-38(33)48-39)46-43(45-41)34-24-22-27-12-4-5-15-30(27)40(34)47-36-19-9-6-16-31(36)32-17-7-10-20-37(32)47/h1-26H. The van der Waals surface area contributed by atoms with Crippen LogP contribution >= 0.6 is 0 Å². The Bertz CT molecular complexity index is 2800. The van der Waals surface area contributed by atoms with Gasteiger partial charge in [0.1, 0.15) is 11.2 Å². The highest BCUT2D eigenvalue weighted by molar-refractivity contribution is 6.12. The molecule has 5 nitrogen and oxygen atoms in total. The molecule has 5 heteroatoms. The molecule has 3 heterocycles. The maximum atomic E-state index is 6.14. The Morgan fingerprint density at radius 3 is 1.75 bits per heavy atom. The number of benzene rings is 7. The molecular formula is C43H26N4O. The molecule has 0 aliphatic rings. The van der Waals surface area contributed by atoms with Gasteiger partial charge in [-0.2, -0.15) is 0 Å². The monoisotopic (exact) mass is 614 g/mol. The molecule has 48 heavy (non-hydrogen) atoms. The van der Waals surface area contributed by atoms with Gasteiger partial charge in [-0.05, 0) is 47.9 Å². The summed E-state index contributed by atoms with van der Waals surface area (Å²) in [5.41, 5.74) is 7.75. The van der Waals surface area contributed by atoms with Crippen LogP contribution in [0.5, 0.6) is 0 Å². The van der Waals surface area contributed by atoms with Gasteiger partial charge in [0.2, 0.25) is 0 Å². The molecule has 0 saturated heterocycles. The van der Waals surface area contributed by atoms with E-state index in [1.165, 1.54) is 10.8 Å². The SMILES string of the molecule is c1ccc(-c2nc(-c3ccc4oc5ccccc5c4c3)nc(-c3ccc4ccccc4c3-n3c4ccccc4c4ccccc43)n2)cc1. The third kappa shape index (κ3) is 4.08. The average molecular weight is 615 g/mol. The van der Waals surface area contributed by atoms with Crippen molar-refractivity contribution in [1.82, 2.24) is 19.5 Å². The number of rotatable bonds is 4. The van der Waals surface area contributed by atoms with Gasteiger partial charge in [-0.15, -0.1) is 0 Å². The zero-order valence-electron chi connectivity index (χ0n) is 25.7. The Hall–Kier alpha value is -6.59. The summed E-state index contributed by atoms with van der Waals surface area (Å²) in [6.07, 6.45) is 0. The number of nitrogens with zero attached hydrogens (tertiary/aromatic N) is 4. The first kappa shape index (κ1) is 26.6. The zero-order chi connectivity index (χ0) is 31.6. The van der Waals surface area contributed by atoms with Gasteiger partial charge in [-0.1, -0.05) is 115 Å². The molecule has 0 radical (unpaired) electrons. The molecule has 0 spiro atoms. The first-order chi connectivity index (χ1) is 23.8. The highest BCUT2D eigenvalue weighted by atomic mass is 16.3. The Labute approximate surface area is 275 Å². The third-order valence-electron chi connectivity index (χ3n) is 9.25. The number of aromatic nitrogens is 4. The topological polar surface area (TPSA) is 56.7 Å². The van der Waals surface area contributed by atoms with Crippen molar-refractivity contribution in [1.29, 1.82) is 0 Å². The van der Waals surface area contributed by atoms with Crippen molar-refractivity contribution in [3.8, 4) is 39.9 Å². The van der Waals surface area contributed by atoms with Crippen molar-refractivity contribution in [3.05, 3.63) is 158 Å². The van der Waals surface area contributed by atoms with Gasteiger partial charge < -0.3 is 8.98 Å². The Morgan fingerprint density at radius 2 is 0.979 bits per heavy atom. The number of hydrogen-bond acceptors (Lipinski definition) is 4. The van der Waals surface area contributed by atoms with E-state index in [9.17, 15) is 0 Å². The lowest BCUT2D eigenvalue weighted by atomic mass is 10.0. The van der Waals surface area contributed by atoms with Crippen molar-refractivity contribution in [2.45, 2.75) is 0 Å². The van der Waals surface area contributed by atoms with Crippen LogP contribution in [0.2, 0.25) is 0 Å². The Morgan fingerprint density at radius 1 is 0.396 bits per heavy atom. The summed E-state index contributed by atoms with van der Waals surface area (Å²) in [6, 6.07) is 54.5. The van der Waals surface area contributed by atoms with Crippen LogP contribution < -0.4 is 0 Å². The predicted molar refractivity (Wildman–Crippen MR) is 195 cm³/mol. The first-order valence-electron chi connectivity index (χ1n) is 16.0. The molecule has 0 bridgehead atoms. The fourth-order valence-corrected chi connectivity index (χ4v) is 7.05. The second-order valence-electron chi connectivity index (χ2n) is 12.0. The summed E-state index contributed by atoms with van der Waals surface area (Å²) in [5, 5.41) is 6.77. The van der Waals surface area contributed by atoms with E-state index in [2.05, 4.69) is 102 Å². The third-order valence-corrected chi connectivity index (χ3v) is 9.25. The van der Waals surface area contributed by atoms with Gasteiger partial charge in [0, 0.05) is 43.6 Å². The van der Waals surface area contributed by atoms with Crippen LogP contribution in [0.3, 0.4) is 0 Å².